The molecule has 0 radical (unpaired) electrons. The minimum Gasteiger partial charge on any atom is -0.328 e. The predicted molar refractivity (Wildman–Crippen MR) is 31.0 cm³/mol. The molecule has 0 aliphatic heterocycles. The molecule has 0 atom stereocenters. The van der Waals surface area contributed by atoms with E-state index in [1.165, 1.54) is 12.8 Å². The van der Waals surface area contributed by atoms with Gasteiger partial charge in [-0.25, -0.2) is 0 Å². The van der Waals surface area contributed by atoms with E-state index in [0.29, 0.717) is 11.5 Å². The van der Waals surface area contributed by atoms with E-state index in [2.05, 4.69) is 13.8 Å². The largest absolute Gasteiger partial charge is 0.328 e. The fourth-order valence-corrected chi connectivity index (χ4v) is 1.36. The Kier molecular flexibility index (Phi) is 0.890. The highest BCUT2D eigenvalue weighted by atomic mass is 14.7. The van der Waals surface area contributed by atoms with Crippen molar-refractivity contribution in [3.63, 3.8) is 0 Å². The zero-order valence-electron chi connectivity index (χ0n) is 5.07. The third-order valence-electron chi connectivity index (χ3n) is 1.63. The van der Waals surface area contributed by atoms with Gasteiger partial charge in [-0.15, -0.1) is 0 Å². The van der Waals surface area contributed by atoms with Crippen molar-refractivity contribution in [2.24, 2.45) is 11.1 Å². The fourth-order valence-electron chi connectivity index (χ4n) is 1.36. The topological polar surface area (TPSA) is 26.0 Å². The maximum absolute atomic E-state index is 5.55. The van der Waals surface area contributed by atoms with Crippen LogP contribution in [-0.2, 0) is 0 Å². The van der Waals surface area contributed by atoms with Gasteiger partial charge in [0, 0.05) is 6.04 Å². The summed E-state index contributed by atoms with van der Waals surface area (Å²) in [6.07, 6.45) is 2.43. The minimum absolute atomic E-state index is 0.509. The molecule has 1 fully saturated rings. The molecule has 0 aromatic rings. The molecule has 7 heavy (non-hydrogen) atoms. The highest BCUT2D eigenvalue weighted by Crippen LogP contribution is 2.38. The molecule has 1 aliphatic rings. The summed E-state index contributed by atoms with van der Waals surface area (Å²) in [5.74, 6) is 0. The van der Waals surface area contributed by atoms with Crippen molar-refractivity contribution in [1.29, 1.82) is 0 Å². The van der Waals surface area contributed by atoms with Crippen LogP contribution in [0.15, 0.2) is 0 Å². The monoisotopic (exact) mass is 99.1 g/mol. The van der Waals surface area contributed by atoms with E-state index in [-0.39, 0.29) is 0 Å². The normalized spacial score (nSPS) is 29.6. The summed E-state index contributed by atoms with van der Waals surface area (Å²) in [4.78, 5) is 0. The predicted octanol–water partition coefficient (Wildman–Crippen LogP) is 1.13. The Balaban J connectivity index is 2.29. The van der Waals surface area contributed by atoms with Gasteiger partial charge in [0.1, 0.15) is 0 Å². The molecule has 0 amide bonds. The first-order valence-corrected chi connectivity index (χ1v) is 2.86. The highest BCUT2D eigenvalue weighted by Gasteiger charge is 2.32. The van der Waals surface area contributed by atoms with E-state index in [1.54, 1.807) is 0 Å². The van der Waals surface area contributed by atoms with Gasteiger partial charge in [-0.3, -0.25) is 0 Å². The summed E-state index contributed by atoms with van der Waals surface area (Å²) in [7, 11) is 0. The second kappa shape index (κ2) is 1.22. The van der Waals surface area contributed by atoms with E-state index < -0.39 is 0 Å². The Hall–Kier alpha value is -0.0400. The molecular formula is C6H13N. The van der Waals surface area contributed by atoms with Gasteiger partial charge in [0.25, 0.3) is 0 Å². The first-order valence-electron chi connectivity index (χ1n) is 2.86. The Morgan fingerprint density at radius 2 is 1.86 bits per heavy atom. The van der Waals surface area contributed by atoms with Crippen LogP contribution in [0.3, 0.4) is 0 Å². The number of hydrogen-bond donors (Lipinski definition) is 1. The second-order valence-electron chi connectivity index (χ2n) is 3.33. The highest BCUT2D eigenvalue weighted by molar-refractivity contribution is 4.88. The maximum atomic E-state index is 5.55. The molecule has 0 aromatic heterocycles. The van der Waals surface area contributed by atoms with E-state index in [9.17, 15) is 0 Å². The van der Waals surface area contributed by atoms with Crippen molar-refractivity contribution in [2.45, 2.75) is 32.7 Å². The summed E-state index contributed by atoms with van der Waals surface area (Å²) in [6, 6.07) is 0.509. The lowest BCUT2D eigenvalue weighted by Gasteiger charge is -2.40. The molecule has 1 nitrogen and oxygen atoms in total. The van der Waals surface area contributed by atoms with E-state index in [4.69, 9.17) is 5.73 Å². The van der Waals surface area contributed by atoms with E-state index in [1.807, 2.05) is 0 Å². The molecule has 0 aromatic carbocycles. The minimum atomic E-state index is 0.509. The summed E-state index contributed by atoms with van der Waals surface area (Å²) >= 11 is 0. The van der Waals surface area contributed by atoms with Crippen LogP contribution in [0, 0.1) is 5.41 Å². The molecule has 1 aliphatic carbocycles. The average molecular weight is 99.2 g/mol. The lowest BCUT2D eigenvalue weighted by Crippen LogP contribution is -2.41. The third kappa shape index (κ3) is 0.942. The van der Waals surface area contributed by atoms with Gasteiger partial charge in [0.15, 0.2) is 0 Å². The number of nitrogens with two attached hydrogens (primary N) is 1. The molecule has 0 heterocycles. The van der Waals surface area contributed by atoms with Gasteiger partial charge >= 0.3 is 0 Å². The smallest absolute Gasteiger partial charge is 0.00490 e. The van der Waals surface area contributed by atoms with Crippen LogP contribution >= 0.6 is 0 Å². The van der Waals surface area contributed by atoms with E-state index >= 15 is 0 Å². The van der Waals surface area contributed by atoms with Crippen molar-refractivity contribution < 1.29 is 0 Å². The number of hydrogen-bond acceptors (Lipinski definition) is 1. The Bertz CT molecular complexity index is 68.2. The molecule has 1 saturated carbocycles. The molecule has 0 saturated heterocycles. The van der Waals surface area contributed by atoms with Crippen molar-refractivity contribution in [2.75, 3.05) is 0 Å². The average Bonchev–Trinajstić information content (AvgIpc) is 1.27. The summed E-state index contributed by atoms with van der Waals surface area (Å²) < 4.78 is 0. The molecule has 42 valence electrons. The molecule has 0 spiro atoms. The van der Waals surface area contributed by atoms with Crippen LogP contribution in [0.4, 0.5) is 0 Å². The molecule has 0 bridgehead atoms. The van der Waals surface area contributed by atoms with Crippen LogP contribution in [0.2, 0.25) is 0 Å². The second-order valence-corrected chi connectivity index (χ2v) is 3.33. The number of rotatable bonds is 0. The zero-order chi connectivity index (χ0) is 5.49. The van der Waals surface area contributed by atoms with Gasteiger partial charge in [0.2, 0.25) is 0 Å². The van der Waals surface area contributed by atoms with Gasteiger partial charge in [-0.05, 0) is 18.3 Å². The summed E-state index contributed by atoms with van der Waals surface area (Å²) in [6.45, 7) is 4.52. The van der Waals surface area contributed by atoms with Gasteiger partial charge in [0.05, 0.1) is 0 Å². The van der Waals surface area contributed by atoms with Crippen molar-refractivity contribution >= 4 is 0 Å². The molecular weight excluding hydrogens is 86.1 g/mol. The Morgan fingerprint density at radius 1 is 1.43 bits per heavy atom. The molecule has 2 N–H and O–H groups in total. The summed E-state index contributed by atoms with van der Waals surface area (Å²) in [5.41, 5.74) is 6.12. The first kappa shape index (κ1) is 5.10. The molecule has 1 heteroatoms. The standard InChI is InChI=1S/C6H13N/c1-6(2)3-5(7)4-6/h5H,3-4,7H2,1-2H3. The van der Waals surface area contributed by atoms with Crippen molar-refractivity contribution in [1.82, 2.24) is 0 Å². The maximum Gasteiger partial charge on any atom is 0.00490 e. The molecule has 0 unspecified atom stereocenters. The van der Waals surface area contributed by atoms with Crippen molar-refractivity contribution in [3.8, 4) is 0 Å². The Labute approximate surface area is 44.9 Å². The van der Waals surface area contributed by atoms with Gasteiger partial charge in [-0.2, -0.15) is 0 Å². The van der Waals surface area contributed by atoms with Gasteiger partial charge < -0.3 is 5.73 Å². The molecule has 1 rings (SSSR count). The van der Waals surface area contributed by atoms with Crippen LogP contribution in [0.5, 0.6) is 0 Å². The van der Waals surface area contributed by atoms with E-state index in [0.717, 1.165) is 0 Å². The lowest BCUT2D eigenvalue weighted by atomic mass is 9.69. The zero-order valence-corrected chi connectivity index (χ0v) is 5.07. The quantitative estimate of drug-likeness (QED) is 0.484. The van der Waals surface area contributed by atoms with Gasteiger partial charge in [-0.1, -0.05) is 13.8 Å². The van der Waals surface area contributed by atoms with Crippen LogP contribution in [0.25, 0.3) is 0 Å². The third-order valence-corrected chi connectivity index (χ3v) is 1.63. The fraction of sp³-hybridized carbons (Fsp3) is 1.00. The van der Waals surface area contributed by atoms with Crippen LogP contribution in [0.1, 0.15) is 26.7 Å². The van der Waals surface area contributed by atoms with Crippen molar-refractivity contribution in [3.05, 3.63) is 0 Å². The lowest BCUT2D eigenvalue weighted by molar-refractivity contribution is 0.155. The summed E-state index contributed by atoms with van der Waals surface area (Å²) in [5, 5.41) is 0. The first-order chi connectivity index (χ1) is 3.10. The Morgan fingerprint density at radius 3 is 1.86 bits per heavy atom. The van der Waals surface area contributed by atoms with Crippen LogP contribution in [-0.4, -0.2) is 6.04 Å². The SMILES string of the molecule is CC1(C)CC(N)C1. The van der Waals surface area contributed by atoms with Crippen LogP contribution < -0.4 is 5.73 Å².